The maximum absolute atomic E-state index is 12.7. The van der Waals surface area contributed by atoms with Gasteiger partial charge in [-0.25, -0.2) is 4.39 Å². The van der Waals surface area contributed by atoms with Crippen LogP contribution in [0.3, 0.4) is 0 Å². The van der Waals surface area contributed by atoms with Gasteiger partial charge >= 0.3 is 0 Å². The maximum Gasteiger partial charge on any atom is 0.164 e. The molecule has 1 aromatic rings. The van der Waals surface area contributed by atoms with E-state index in [1.807, 2.05) is 0 Å². The smallest absolute Gasteiger partial charge is 0.164 e. The molecule has 0 saturated carbocycles. The second kappa shape index (κ2) is 8.20. The van der Waals surface area contributed by atoms with Gasteiger partial charge in [0.1, 0.15) is 5.82 Å². The van der Waals surface area contributed by atoms with Crippen molar-refractivity contribution < 1.29 is 9.18 Å². The molecule has 96 valence electrons. The molecule has 0 amide bonds. The van der Waals surface area contributed by atoms with E-state index in [0.717, 1.165) is 19.6 Å². The van der Waals surface area contributed by atoms with E-state index in [2.05, 4.69) is 18.7 Å². The van der Waals surface area contributed by atoms with Crippen molar-refractivity contribution in [2.24, 2.45) is 0 Å². The van der Waals surface area contributed by atoms with Crippen LogP contribution in [0.25, 0.3) is 0 Å². The molecule has 1 aromatic carbocycles. The first-order valence-electron chi connectivity index (χ1n) is 5.68. The van der Waals surface area contributed by atoms with Gasteiger partial charge in [0.2, 0.25) is 0 Å². The molecule has 0 aromatic heterocycles. The van der Waals surface area contributed by atoms with Gasteiger partial charge in [0, 0.05) is 18.5 Å². The Hall–Kier alpha value is -0.930. The summed E-state index contributed by atoms with van der Waals surface area (Å²) in [7, 11) is 0. The topological polar surface area (TPSA) is 20.3 Å². The molecule has 17 heavy (non-hydrogen) atoms. The number of carbonyl (C=O) groups excluding carboxylic acids is 1. The molecule has 0 aliphatic rings. The summed E-state index contributed by atoms with van der Waals surface area (Å²) in [4.78, 5) is 13.9. The first-order valence-corrected chi connectivity index (χ1v) is 5.68. The molecule has 0 atom stereocenters. The van der Waals surface area contributed by atoms with E-state index in [0.29, 0.717) is 12.0 Å². The predicted molar refractivity (Wildman–Crippen MR) is 70.4 cm³/mol. The summed E-state index contributed by atoms with van der Waals surface area (Å²) in [5.74, 6) is -0.229. The third-order valence-electron chi connectivity index (χ3n) is 2.72. The van der Waals surface area contributed by atoms with Crippen molar-refractivity contribution in [2.45, 2.75) is 20.3 Å². The molecular weight excluding hydrogens is 241 g/mol. The zero-order chi connectivity index (χ0) is 12.0. The van der Waals surface area contributed by atoms with Gasteiger partial charge in [-0.3, -0.25) is 4.79 Å². The van der Waals surface area contributed by atoms with Crippen molar-refractivity contribution in [1.29, 1.82) is 0 Å². The molecule has 0 aliphatic carbocycles. The number of ketones is 1. The van der Waals surface area contributed by atoms with Crippen molar-refractivity contribution in [3.05, 3.63) is 35.6 Å². The second-order valence-corrected chi connectivity index (χ2v) is 3.71. The molecule has 0 heterocycles. The van der Waals surface area contributed by atoms with Gasteiger partial charge in [0.05, 0.1) is 0 Å². The Labute approximate surface area is 108 Å². The Morgan fingerprint density at radius 1 is 1.18 bits per heavy atom. The minimum atomic E-state index is -0.305. The van der Waals surface area contributed by atoms with Crippen LogP contribution in [0.2, 0.25) is 0 Å². The number of nitrogens with zero attached hydrogens (tertiary/aromatic N) is 1. The van der Waals surface area contributed by atoms with E-state index in [-0.39, 0.29) is 24.0 Å². The van der Waals surface area contributed by atoms with Gasteiger partial charge in [-0.1, -0.05) is 13.8 Å². The highest BCUT2D eigenvalue weighted by molar-refractivity contribution is 5.96. The molecule has 0 N–H and O–H groups in total. The predicted octanol–water partition coefficient (Wildman–Crippen LogP) is 3.16. The van der Waals surface area contributed by atoms with Gasteiger partial charge in [-0.05, 0) is 37.4 Å². The Balaban J connectivity index is 0.00000256. The van der Waals surface area contributed by atoms with Crippen LogP contribution >= 0.6 is 12.4 Å². The fourth-order valence-corrected chi connectivity index (χ4v) is 1.58. The quantitative estimate of drug-likeness (QED) is 0.732. The van der Waals surface area contributed by atoms with Crippen molar-refractivity contribution in [3.8, 4) is 0 Å². The SMILES string of the molecule is CCN(CC)CCC(=O)c1ccc(F)cc1.Cl. The Morgan fingerprint density at radius 3 is 2.18 bits per heavy atom. The standard InChI is InChI=1S/C13H18FNO.ClH/c1-3-15(4-2)10-9-13(16)11-5-7-12(14)8-6-11;/h5-8H,3-4,9-10H2,1-2H3;1H. The molecule has 0 radical (unpaired) electrons. The summed E-state index contributed by atoms with van der Waals surface area (Å²) < 4.78 is 12.7. The van der Waals surface area contributed by atoms with Crippen molar-refractivity contribution in [1.82, 2.24) is 4.90 Å². The van der Waals surface area contributed by atoms with E-state index < -0.39 is 0 Å². The summed E-state index contributed by atoms with van der Waals surface area (Å²) in [6.07, 6.45) is 0.493. The van der Waals surface area contributed by atoms with E-state index in [4.69, 9.17) is 0 Å². The third-order valence-corrected chi connectivity index (χ3v) is 2.72. The van der Waals surface area contributed by atoms with E-state index in [1.54, 1.807) is 12.1 Å². The lowest BCUT2D eigenvalue weighted by molar-refractivity contribution is 0.0966. The van der Waals surface area contributed by atoms with Gasteiger partial charge in [0.15, 0.2) is 5.78 Å². The lowest BCUT2D eigenvalue weighted by Gasteiger charge is -2.16. The highest BCUT2D eigenvalue weighted by atomic mass is 35.5. The molecule has 0 saturated heterocycles. The fourth-order valence-electron chi connectivity index (χ4n) is 1.58. The first-order chi connectivity index (χ1) is 7.67. The van der Waals surface area contributed by atoms with Gasteiger partial charge in [-0.2, -0.15) is 0 Å². The lowest BCUT2D eigenvalue weighted by Crippen LogP contribution is -2.25. The van der Waals surface area contributed by atoms with Crippen LogP contribution in [0.4, 0.5) is 4.39 Å². The third kappa shape index (κ3) is 5.29. The van der Waals surface area contributed by atoms with Gasteiger partial charge in [-0.15, -0.1) is 12.4 Å². The van der Waals surface area contributed by atoms with Crippen LogP contribution in [-0.4, -0.2) is 30.3 Å². The molecule has 0 bridgehead atoms. The summed E-state index contributed by atoms with van der Waals surface area (Å²) in [5, 5.41) is 0. The average Bonchev–Trinajstić information content (AvgIpc) is 2.31. The first kappa shape index (κ1) is 16.1. The summed E-state index contributed by atoms with van der Waals surface area (Å²) in [6.45, 7) is 6.82. The van der Waals surface area contributed by atoms with Crippen molar-refractivity contribution >= 4 is 18.2 Å². The van der Waals surface area contributed by atoms with Crippen molar-refractivity contribution in [2.75, 3.05) is 19.6 Å². The van der Waals surface area contributed by atoms with E-state index in [9.17, 15) is 9.18 Å². The summed E-state index contributed by atoms with van der Waals surface area (Å²) in [5.41, 5.74) is 0.591. The minimum absolute atomic E-state index is 0. The molecular formula is C13H19ClFNO. The number of Topliss-reactive ketones (excluding diaryl/α,β-unsaturated/α-hetero) is 1. The second-order valence-electron chi connectivity index (χ2n) is 3.71. The van der Waals surface area contributed by atoms with E-state index >= 15 is 0 Å². The number of halogens is 2. The van der Waals surface area contributed by atoms with Crippen LogP contribution in [-0.2, 0) is 0 Å². The number of benzene rings is 1. The van der Waals surface area contributed by atoms with Crippen LogP contribution in [0, 0.1) is 5.82 Å². The highest BCUT2D eigenvalue weighted by Gasteiger charge is 2.07. The highest BCUT2D eigenvalue weighted by Crippen LogP contribution is 2.06. The van der Waals surface area contributed by atoms with Crippen LogP contribution < -0.4 is 0 Å². The zero-order valence-corrected chi connectivity index (χ0v) is 11.1. The molecule has 2 nitrogen and oxygen atoms in total. The number of rotatable bonds is 6. The maximum atomic E-state index is 12.7. The van der Waals surface area contributed by atoms with Crippen LogP contribution in [0.1, 0.15) is 30.6 Å². The molecule has 0 unspecified atom stereocenters. The van der Waals surface area contributed by atoms with Gasteiger partial charge in [0.25, 0.3) is 0 Å². The fraction of sp³-hybridized carbons (Fsp3) is 0.462. The molecule has 0 fully saturated rings. The summed E-state index contributed by atoms with van der Waals surface area (Å²) in [6, 6.07) is 5.73. The Morgan fingerprint density at radius 2 is 1.71 bits per heavy atom. The number of carbonyl (C=O) groups is 1. The molecule has 4 heteroatoms. The Kier molecular flexibility index (Phi) is 7.75. The molecule has 0 spiro atoms. The minimum Gasteiger partial charge on any atom is -0.303 e. The lowest BCUT2D eigenvalue weighted by atomic mass is 10.1. The van der Waals surface area contributed by atoms with Gasteiger partial charge < -0.3 is 4.90 Å². The largest absolute Gasteiger partial charge is 0.303 e. The number of hydrogen-bond donors (Lipinski definition) is 0. The molecule has 1 rings (SSSR count). The Bertz CT molecular complexity index is 336. The normalized spacial score (nSPS) is 10.1. The average molecular weight is 260 g/mol. The zero-order valence-electron chi connectivity index (χ0n) is 10.3. The number of hydrogen-bond acceptors (Lipinski definition) is 2. The van der Waals surface area contributed by atoms with Crippen molar-refractivity contribution in [3.63, 3.8) is 0 Å². The summed E-state index contributed by atoms with van der Waals surface area (Å²) >= 11 is 0. The van der Waals surface area contributed by atoms with Crippen LogP contribution in [0.5, 0.6) is 0 Å². The molecule has 0 aliphatic heterocycles. The van der Waals surface area contributed by atoms with Crippen LogP contribution in [0.15, 0.2) is 24.3 Å². The van der Waals surface area contributed by atoms with E-state index in [1.165, 1.54) is 12.1 Å². The monoisotopic (exact) mass is 259 g/mol.